The van der Waals surface area contributed by atoms with Gasteiger partial charge >= 0.3 is 0 Å². The summed E-state index contributed by atoms with van der Waals surface area (Å²) in [6.07, 6.45) is 16.0. The minimum atomic E-state index is -0.537. The maximum atomic E-state index is 10.3. The molecule has 0 aliphatic heterocycles. The average molecular weight is 415 g/mol. The zero-order valence-corrected chi connectivity index (χ0v) is 20.2. The summed E-state index contributed by atoms with van der Waals surface area (Å²) in [7, 11) is 0. The molecule has 3 rings (SSSR count). The molecule has 0 aromatic heterocycles. The Morgan fingerprint density at radius 2 is 2.00 bits per heavy atom. The topological polar surface area (TPSA) is 40.5 Å². The highest BCUT2D eigenvalue weighted by Gasteiger charge is 2.50. The van der Waals surface area contributed by atoms with E-state index in [1.807, 2.05) is 13.8 Å². The molecule has 3 fully saturated rings. The summed E-state index contributed by atoms with van der Waals surface area (Å²) in [4.78, 5) is 0. The van der Waals surface area contributed by atoms with Gasteiger partial charge in [0.25, 0.3) is 0 Å². The molecular formula is C28H46O2. The van der Waals surface area contributed by atoms with Crippen LogP contribution in [0.25, 0.3) is 0 Å². The van der Waals surface area contributed by atoms with E-state index in [1.54, 1.807) is 5.57 Å². The molecule has 2 heteroatoms. The molecule has 0 spiro atoms. The minimum absolute atomic E-state index is 0.365. The molecule has 30 heavy (non-hydrogen) atoms. The molecule has 0 amide bonds. The van der Waals surface area contributed by atoms with Gasteiger partial charge in [-0.1, -0.05) is 57.9 Å². The maximum Gasteiger partial charge on any atom is 0.0789 e. The number of fused-ring (bicyclic) bond motifs is 1. The third-order valence-corrected chi connectivity index (χ3v) is 8.68. The Bertz CT molecular complexity index is 679. The van der Waals surface area contributed by atoms with Crippen LogP contribution in [-0.2, 0) is 0 Å². The number of allylic oxidation sites excluding steroid dienone is 3. The minimum Gasteiger partial charge on any atom is -0.390 e. The largest absolute Gasteiger partial charge is 0.390 e. The molecular weight excluding hydrogens is 368 g/mol. The van der Waals surface area contributed by atoms with Crippen LogP contribution in [0.1, 0.15) is 98.8 Å². The van der Waals surface area contributed by atoms with Crippen LogP contribution in [0.3, 0.4) is 0 Å². The zero-order chi connectivity index (χ0) is 22.1. The third-order valence-electron chi connectivity index (χ3n) is 8.68. The molecule has 0 radical (unpaired) electrons. The molecule has 3 aliphatic rings. The second kappa shape index (κ2) is 9.33. The van der Waals surface area contributed by atoms with Crippen molar-refractivity contribution >= 4 is 0 Å². The smallest absolute Gasteiger partial charge is 0.0789 e. The highest BCUT2D eigenvalue weighted by atomic mass is 16.3. The van der Waals surface area contributed by atoms with Gasteiger partial charge in [0.05, 0.1) is 11.7 Å². The van der Waals surface area contributed by atoms with E-state index in [2.05, 4.69) is 39.5 Å². The van der Waals surface area contributed by atoms with Crippen molar-refractivity contribution in [3.05, 3.63) is 35.5 Å². The average Bonchev–Trinajstić information content (AvgIpc) is 3.00. The lowest BCUT2D eigenvalue weighted by Gasteiger charge is -2.44. The standard InChI is InChI=1S/C28H46O2/c1-19-17-23(21(3)26(29)18-19)12-11-22-10-8-16-28(6)24(13-14-25(22)28)20(2)9-7-15-27(4,5)30/h11-12,19-20,24-26,29-30H,3,7-10,13-18H2,1-2,4-6H3/b22-11+,23-12-/t19?,20-,24?,25?,26?,28?/m1/s1. The molecule has 2 N–H and O–H groups in total. The first-order valence-electron chi connectivity index (χ1n) is 12.5. The van der Waals surface area contributed by atoms with Gasteiger partial charge in [0.15, 0.2) is 0 Å². The van der Waals surface area contributed by atoms with Crippen LogP contribution in [0.4, 0.5) is 0 Å². The maximum absolute atomic E-state index is 10.3. The van der Waals surface area contributed by atoms with Gasteiger partial charge in [-0.05, 0) is 105 Å². The van der Waals surface area contributed by atoms with E-state index in [0.717, 1.165) is 43.1 Å². The van der Waals surface area contributed by atoms with Crippen LogP contribution in [0.2, 0.25) is 0 Å². The van der Waals surface area contributed by atoms with Gasteiger partial charge in [-0.2, -0.15) is 0 Å². The third kappa shape index (κ3) is 5.30. The molecule has 0 aromatic carbocycles. The van der Waals surface area contributed by atoms with Gasteiger partial charge in [0.2, 0.25) is 0 Å². The first kappa shape index (κ1) is 23.8. The van der Waals surface area contributed by atoms with E-state index in [0.29, 0.717) is 17.3 Å². The summed E-state index contributed by atoms with van der Waals surface area (Å²) < 4.78 is 0. The van der Waals surface area contributed by atoms with Crippen LogP contribution in [0.15, 0.2) is 35.5 Å². The molecule has 0 heterocycles. The van der Waals surface area contributed by atoms with Crippen molar-refractivity contribution in [1.82, 2.24) is 0 Å². The van der Waals surface area contributed by atoms with Crippen molar-refractivity contribution in [1.29, 1.82) is 0 Å². The lowest BCUT2D eigenvalue weighted by Crippen LogP contribution is -2.36. The van der Waals surface area contributed by atoms with Crippen LogP contribution in [0, 0.1) is 29.1 Å². The molecule has 6 atom stereocenters. The quantitative estimate of drug-likeness (QED) is 0.492. The summed E-state index contributed by atoms with van der Waals surface area (Å²) in [6, 6.07) is 0. The molecule has 0 saturated heterocycles. The van der Waals surface area contributed by atoms with Gasteiger partial charge in [-0.25, -0.2) is 0 Å². The number of aliphatic hydroxyl groups is 2. The molecule has 3 saturated carbocycles. The number of rotatable bonds is 6. The monoisotopic (exact) mass is 414 g/mol. The predicted octanol–water partition coefficient (Wildman–Crippen LogP) is 6.98. The normalized spacial score (nSPS) is 38.8. The van der Waals surface area contributed by atoms with Crippen LogP contribution in [0.5, 0.6) is 0 Å². The van der Waals surface area contributed by atoms with E-state index in [1.165, 1.54) is 44.1 Å². The summed E-state index contributed by atoms with van der Waals surface area (Å²) in [5.41, 5.74) is 3.73. The molecule has 5 unspecified atom stereocenters. The van der Waals surface area contributed by atoms with Gasteiger partial charge < -0.3 is 10.2 Å². The van der Waals surface area contributed by atoms with Crippen LogP contribution < -0.4 is 0 Å². The van der Waals surface area contributed by atoms with Gasteiger partial charge in [-0.3, -0.25) is 0 Å². The zero-order valence-electron chi connectivity index (χ0n) is 20.2. The number of hydrogen-bond acceptors (Lipinski definition) is 2. The second-order valence-electron chi connectivity index (χ2n) is 11.8. The summed E-state index contributed by atoms with van der Waals surface area (Å²) in [6.45, 7) is 15.3. The Morgan fingerprint density at radius 1 is 1.27 bits per heavy atom. The molecule has 170 valence electrons. The molecule has 3 aliphatic carbocycles. The molecule has 0 aromatic rings. The molecule has 0 bridgehead atoms. The SMILES string of the molecule is C=C1/C(=C\C=C2/CCCC3(C)C2CCC3[C@H](C)CCCC(C)(C)O)CC(C)CC1O. The van der Waals surface area contributed by atoms with Crippen molar-refractivity contribution in [2.45, 2.75) is 111 Å². The lowest BCUT2D eigenvalue weighted by molar-refractivity contribution is 0.0596. The van der Waals surface area contributed by atoms with E-state index < -0.39 is 5.60 Å². The fourth-order valence-corrected chi connectivity index (χ4v) is 6.98. The first-order valence-corrected chi connectivity index (χ1v) is 12.5. The van der Waals surface area contributed by atoms with Gasteiger partial charge in [-0.15, -0.1) is 0 Å². The second-order valence-corrected chi connectivity index (χ2v) is 11.8. The Balaban J connectivity index is 1.70. The Labute approximate surface area is 185 Å². The van der Waals surface area contributed by atoms with Crippen molar-refractivity contribution in [3.8, 4) is 0 Å². The summed E-state index contributed by atoms with van der Waals surface area (Å²) in [5, 5.41) is 20.3. The fraction of sp³-hybridized carbons (Fsp3) is 0.786. The van der Waals surface area contributed by atoms with Crippen molar-refractivity contribution < 1.29 is 10.2 Å². The predicted molar refractivity (Wildman–Crippen MR) is 127 cm³/mol. The highest BCUT2D eigenvalue weighted by Crippen LogP contribution is 2.60. The van der Waals surface area contributed by atoms with Crippen molar-refractivity contribution in [3.63, 3.8) is 0 Å². The fourth-order valence-electron chi connectivity index (χ4n) is 6.98. The Hall–Kier alpha value is -0.860. The number of hydrogen-bond donors (Lipinski definition) is 2. The van der Waals surface area contributed by atoms with E-state index >= 15 is 0 Å². The summed E-state index contributed by atoms with van der Waals surface area (Å²) >= 11 is 0. The first-order chi connectivity index (χ1) is 14.0. The van der Waals surface area contributed by atoms with Gasteiger partial charge in [0.1, 0.15) is 0 Å². The summed E-state index contributed by atoms with van der Waals surface area (Å²) in [5.74, 6) is 2.78. The molecule has 2 nitrogen and oxygen atoms in total. The number of aliphatic hydroxyl groups excluding tert-OH is 1. The van der Waals surface area contributed by atoms with E-state index in [9.17, 15) is 10.2 Å². The lowest BCUT2D eigenvalue weighted by atomic mass is 9.60. The van der Waals surface area contributed by atoms with Crippen molar-refractivity contribution in [2.24, 2.45) is 29.1 Å². The highest BCUT2D eigenvalue weighted by molar-refractivity contribution is 5.38. The Kier molecular flexibility index (Phi) is 7.40. The van der Waals surface area contributed by atoms with Crippen LogP contribution >= 0.6 is 0 Å². The Morgan fingerprint density at radius 3 is 2.70 bits per heavy atom. The van der Waals surface area contributed by atoms with Crippen molar-refractivity contribution in [2.75, 3.05) is 0 Å². The van der Waals surface area contributed by atoms with Gasteiger partial charge in [0, 0.05) is 0 Å². The van der Waals surface area contributed by atoms with E-state index in [4.69, 9.17) is 0 Å². The van der Waals surface area contributed by atoms with Crippen LogP contribution in [-0.4, -0.2) is 21.9 Å². The van der Waals surface area contributed by atoms with E-state index in [-0.39, 0.29) is 6.10 Å².